The van der Waals surface area contributed by atoms with Crippen molar-refractivity contribution in [1.29, 1.82) is 0 Å². The van der Waals surface area contributed by atoms with Gasteiger partial charge in [0.2, 0.25) is 0 Å². The first kappa shape index (κ1) is 8.87. The van der Waals surface area contributed by atoms with Crippen LogP contribution in [0.15, 0.2) is 5.16 Å². The average Bonchev–Trinajstić information content (AvgIpc) is 0.918. The molecule has 0 heterocycles. The molecule has 0 aromatic heterocycles. The van der Waals surface area contributed by atoms with E-state index in [4.69, 9.17) is 5.21 Å². The summed E-state index contributed by atoms with van der Waals surface area (Å²) in [6.45, 7) is 2.67. The molecular weight excluding hydrogens is 66.3 g/mol. The highest BCUT2D eigenvalue weighted by atomic mass is 24.3. The third kappa shape index (κ3) is 61.2. The van der Waals surface area contributed by atoms with Crippen LogP contribution in [0.4, 0.5) is 0 Å². The van der Waals surface area contributed by atoms with Crippen molar-refractivity contribution in [3.05, 3.63) is 0 Å². The topological polar surface area (TPSA) is 32.6 Å². The summed E-state index contributed by atoms with van der Waals surface area (Å²) < 4.78 is 0. The highest BCUT2D eigenvalue weighted by Crippen LogP contribution is 1.20. The summed E-state index contributed by atoms with van der Waals surface area (Å²) >= 11 is 0. The Morgan fingerprint density at radius 3 is 1.75 bits per heavy atom. The molecule has 0 saturated carbocycles. The van der Waals surface area contributed by atoms with Gasteiger partial charge in [0, 0.05) is 6.72 Å². The average molecular weight is 71.4 g/mol. The lowest BCUT2D eigenvalue weighted by Crippen LogP contribution is -1.30. The lowest BCUT2D eigenvalue weighted by atomic mass is 11.8. The van der Waals surface area contributed by atoms with Gasteiger partial charge in [0.25, 0.3) is 0 Å². The van der Waals surface area contributed by atoms with Crippen LogP contribution in [0.25, 0.3) is 0 Å². The largest absolute Gasteiger partial charge is 0.411 e. The van der Waals surface area contributed by atoms with Gasteiger partial charge in [-0.25, -0.2) is 0 Å². The van der Waals surface area contributed by atoms with Crippen LogP contribution < -0.4 is 0 Å². The summed E-state index contributed by atoms with van der Waals surface area (Å²) in [5.41, 5.74) is 0. The van der Waals surface area contributed by atoms with Crippen LogP contribution in [0, 0.1) is 0 Å². The SMILES string of the molecule is C=NO.[MgH2]. The van der Waals surface area contributed by atoms with Gasteiger partial charge in [0.05, 0.1) is 0 Å². The minimum absolute atomic E-state index is 0. The van der Waals surface area contributed by atoms with Crippen molar-refractivity contribution in [2.45, 2.75) is 0 Å². The van der Waals surface area contributed by atoms with Gasteiger partial charge in [-0.05, 0) is 0 Å². The van der Waals surface area contributed by atoms with Crippen LogP contribution in [0.3, 0.4) is 0 Å². The molecule has 0 aromatic rings. The molecule has 0 spiro atoms. The van der Waals surface area contributed by atoms with Crippen LogP contribution in [0.2, 0.25) is 0 Å². The molecule has 0 amide bonds. The van der Waals surface area contributed by atoms with Crippen molar-refractivity contribution in [2.75, 3.05) is 0 Å². The van der Waals surface area contributed by atoms with Gasteiger partial charge < -0.3 is 5.21 Å². The Labute approximate surface area is 40.7 Å². The number of hydrogen-bond donors (Lipinski definition) is 1. The Hall–Kier alpha value is 0.236. The Balaban J connectivity index is 0. The molecular formula is CH5MgNO. The maximum absolute atomic E-state index is 7.08. The molecule has 0 aliphatic heterocycles. The van der Waals surface area contributed by atoms with Crippen LogP contribution >= 0.6 is 0 Å². The fraction of sp³-hybridized carbons (Fsp3) is 0. The fourth-order valence-electron chi connectivity index (χ4n) is 0. The second-order valence-corrected chi connectivity index (χ2v) is 0.141. The quantitative estimate of drug-likeness (QED) is 0.172. The maximum Gasteiger partial charge on any atom is 0.316 e. The van der Waals surface area contributed by atoms with Crippen molar-refractivity contribution in [2.24, 2.45) is 5.16 Å². The highest BCUT2D eigenvalue weighted by molar-refractivity contribution is 5.75. The molecule has 0 saturated heterocycles. The van der Waals surface area contributed by atoms with Crippen LogP contribution in [-0.4, -0.2) is 35.0 Å². The number of oxime groups is 1. The molecule has 22 valence electrons. The molecule has 0 bridgehead atoms. The van der Waals surface area contributed by atoms with Crippen molar-refractivity contribution < 1.29 is 5.21 Å². The van der Waals surface area contributed by atoms with Crippen molar-refractivity contribution in [3.63, 3.8) is 0 Å². The molecule has 1 N–H and O–H groups in total. The zero-order chi connectivity index (χ0) is 2.71. The third-order valence-electron chi connectivity index (χ3n) is 0. The summed E-state index contributed by atoms with van der Waals surface area (Å²) in [5, 5.41) is 9.33. The van der Waals surface area contributed by atoms with Gasteiger partial charge in [0.15, 0.2) is 0 Å². The minimum atomic E-state index is 0. The second kappa shape index (κ2) is 10.6. The normalized spacial score (nSPS) is 3.00. The second-order valence-electron chi connectivity index (χ2n) is 0.141. The molecule has 3 heteroatoms. The number of rotatable bonds is 0. The minimum Gasteiger partial charge on any atom is -0.411 e. The Morgan fingerprint density at radius 1 is 1.75 bits per heavy atom. The first-order chi connectivity index (χ1) is 1.41. The van der Waals surface area contributed by atoms with Crippen molar-refractivity contribution >= 4 is 29.8 Å². The monoisotopic (exact) mass is 71.0 g/mol. The standard InChI is InChI=1S/CH3NO.Mg.2H/c1-2-3;;;/h3H,1H2;;;. The molecule has 0 unspecified atom stereocenters. The third-order valence-corrected chi connectivity index (χ3v) is 0. The van der Waals surface area contributed by atoms with Crippen LogP contribution in [-0.2, 0) is 0 Å². The van der Waals surface area contributed by atoms with E-state index in [0.29, 0.717) is 0 Å². The predicted octanol–water partition coefficient (Wildman–Crippen LogP) is -0.840. The molecule has 0 radical (unpaired) electrons. The van der Waals surface area contributed by atoms with Gasteiger partial charge in [-0.1, -0.05) is 0 Å². The molecule has 0 aromatic carbocycles. The summed E-state index contributed by atoms with van der Waals surface area (Å²) in [6.07, 6.45) is 0. The molecule has 2 nitrogen and oxygen atoms in total. The first-order valence-corrected chi connectivity index (χ1v) is 0.516. The molecule has 0 rings (SSSR count). The van der Waals surface area contributed by atoms with Gasteiger partial charge in [-0.3, -0.25) is 0 Å². The van der Waals surface area contributed by atoms with Gasteiger partial charge in [-0.2, -0.15) is 0 Å². The lowest BCUT2D eigenvalue weighted by Gasteiger charge is -1.43. The summed E-state index contributed by atoms with van der Waals surface area (Å²) in [4.78, 5) is 0. The summed E-state index contributed by atoms with van der Waals surface area (Å²) in [6, 6.07) is 0. The van der Waals surface area contributed by atoms with E-state index in [2.05, 4.69) is 11.9 Å². The maximum atomic E-state index is 7.08. The number of nitrogens with zero attached hydrogens (tertiary/aromatic N) is 1. The first-order valence-electron chi connectivity index (χ1n) is 0.516. The predicted molar refractivity (Wildman–Crippen MR) is 19.9 cm³/mol. The van der Waals surface area contributed by atoms with E-state index in [0.717, 1.165) is 0 Å². The van der Waals surface area contributed by atoms with Crippen LogP contribution in [0.5, 0.6) is 0 Å². The van der Waals surface area contributed by atoms with E-state index in [1.54, 1.807) is 0 Å². The molecule has 4 heavy (non-hydrogen) atoms. The summed E-state index contributed by atoms with van der Waals surface area (Å²) in [7, 11) is 0. The van der Waals surface area contributed by atoms with Gasteiger partial charge >= 0.3 is 23.1 Å². The summed E-state index contributed by atoms with van der Waals surface area (Å²) in [5.74, 6) is 0. The van der Waals surface area contributed by atoms with Crippen molar-refractivity contribution in [1.82, 2.24) is 0 Å². The Morgan fingerprint density at radius 2 is 1.75 bits per heavy atom. The Bertz CT molecular complexity index is 15.5. The van der Waals surface area contributed by atoms with Gasteiger partial charge in [-0.15, -0.1) is 5.16 Å². The van der Waals surface area contributed by atoms with Crippen molar-refractivity contribution in [3.8, 4) is 0 Å². The van der Waals surface area contributed by atoms with Crippen LogP contribution in [0.1, 0.15) is 0 Å². The number of hydrogen-bond acceptors (Lipinski definition) is 2. The Kier molecular flexibility index (Phi) is 23.5. The fourth-order valence-corrected chi connectivity index (χ4v) is 0. The zero-order valence-electron chi connectivity index (χ0n) is 1.60. The van der Waals surface area contributed by atoms with E-state index in [1.807, 2.05) is 0 Å². The van der Waals surface area contributed by atoms with Gasteiger partial charge in [0.1, 0.15) is 0 Å². The molecule has 0 fully saturated rings. The molecule has 0 aliphatic rings. The molecule has 0 aliphatic carbocycles. The van der Waals surface area contributed by atoms with E-state index in [-0.39, 0.29) is 23.1 Å². The zero-order valence-corrected chi connectivity index (χ0v) is 1.60. The highest BCUT2D eigenvalue weighted by Gasteiger charge is 1.06. The smallest absolute Gasteiger partial charge is 0.316 e. The van der Waals surface area contributed by atoms with E-state index < -0.39 is 0 Å². The lowest BCUT2D eigenvalue weighted by molar-refractivity contribution is 0.323. The van der Waals surface area contributed by atoms with E-state index >= 15 is 0 Å². The molecule has 0 atom stereocenters. The van der Waals surface area contributed by atoms with E-state index in [1.165, 1.54) is 0 Å². The van der Waals surface area contributed by atoms with E-state index in [9.17, 15) is 0 Å².